The molecule has 0 atom stereocenters. The molecule has 4 heteroatoms. The average Bonchev–Trinajstić information content (AvgIpc) is 2.63. The fourth-order valence-electron chi connectivity index (χ4n) is 2.88. The van der Waals surface area contributed by atoms with Crippen LogP contribution in [-0.2, 0) is 11.3 Å². The maximum Gasteiger partial charge on any atom is 0.241 e. The fourth-order valence-corrected chi connectivity index (χ4v) is 2.88. The van der Waals surface area contributed by atoms with E-state index in [9.17, 15) is 4.79 Å². The lowest BCUT2D eigenvalue weighted by atomic mass is 9.98. The van der Waals surface area contributed by atoms with Crippen molar-refractivity contribution < 1.29 is 4.79 Å². The van der Waals surface area contributed by atoms with E-state index in [1.165, 1.54) is 5.56 Å². The van der Waals surface area contributed by atoms with Crippen LogP contribution in [0.15, 0.2) is 60.7 Å². The molecule has 1 fully saturated rings. The van der Waals surface area contributed by atoms with Gasteiger partial charge < -0.3 is 5.32 Å². The molecule has 1 amide bonds. The summed E-state index contributed by atoms with van der Waals surface area (Å²) < 4.78 is 0. The first-order chi connectivity index (χ1) is 11.3. The summed E-state index contributed by atoms with van der Waals surface area (Å²) in [6.45, 7) is 2.49. The summed E-state index contributed by atoms with van der Waals surface area (Å²) >= 11 is 0. The molecule has 120 valence electrons. The van der Waals surface area contributed by atoms with Crippen LogP contribution in [0.1, 0.15) is 18.4 Å². The number of carbonyl (C=O) groups excluding carboxylic acids is 1. The molecule has 1 aliphatic heterocycles. The normalized spacial score (nSPS) is 15.1. The van der Waals surface area contributed by atoms with Crippen molar-refractivity contribution in [1.82, 2.24) is 10.7 Å². The first kappa shape index (κ1) is 15.6. The number of amides is 1. The molecule has 2 N–H and O–H groups in total. The van der Waals surface area contributed by atoms with E-state index in [2.05, 4.69) is 22.9 Å². The van der Waals surface area contributed by atoms with Gasteiger partial charge in [0.1, 0.15) is 0 Å². The first-order valence-electron chi connectivity index (χ1n) is 8.20. The quantitative estimate of drug-likeness (QED) is 0.835. The third-order valence-electron chi connectivity index (χ3n) is 4.21. The van der Waals surface area contributed by atoms with Gasteiger partial charge in [-0.1, -0.05) is 48.5 Å². The fraction of sp³-hybridized carbons (Fsp3) is 0.316. The number of hydrogen-bond acceptors (Lipinski definition) is 3. The maximum absolute atomic E-state index is 12.6. The molecule has 3 rings (SSSR count). The number of carbonyl (C=O) groups is 1. The zero-order chi connectivity index (χ0) is 15.9. The predicted molar refractivity (Wildman–Crippen MR) is 92.8 cm³/mol. The van der Waals surface area contributed by atoms with Crippen LogP contribution in [0.5, 0.6) is 0 Å². The van der Waals surface area contributed by atoms with Crippen LogP contribution in [0.2, 0.25) is 0 Å². The molecule has 0 spiro atoms. The molecule has 0 radical (unpaired) electrons. The largest absolute Gasteiger partial charge is 0.317 e. The highest BCUT2D eigenvalue weighted by Crippen LogP contribution is 2.17. The van der Waals surface area contributed by atoms with Crippen LogP contribution < -0.4 is 15.8 Å². The van der Waals surface area contributed by atoms with E-state index in [4.69, 9.17) is 0 Å². The van der Waals surface area contributed by atoms with Crippen LogP contribution in [0.3, 0.4) is 0 Å². The van der Waals surface area contributed by atoms with Crippen molar-refractivity contribution in [3.63, 3.8) is 0 Å². The Bertz CT molecular complexity index is 609. The van der Waals surface area contributed by atoms with E-state index >= 15 is 0 Å². The Balaban J connectivity index is 1.73. The molecular weight excluding hydrogens is 286 g/mol. The lowest BCUT2D eigenvalue weighted by molar-refractivity contribution is -0.125. The molecule has 4 nitrogen and oxygen atoms in total. The van der Waals surface area contributed by atoms with E-state index < -0.39 is 0 Å². The van der Waals surface area contributed by atoms with Gasteiger partial charge in [-0.2, -0.15) is 0 Å². The molecule has 1 heterocycles. The van der Waals surface area contributed by atoms with Gasteiger partial charge in [0, 0.05) is 5.92 Å². The van der Waals surface area contributed by atoms with Crippen molar-refractivity contribution in [2.45, 2.75) is 19.4 Å². The third-order valence-corrected chi connectivity index (χ3v) is 4.21. The van der Waals surface area contributed by atoms with Gasteiger partial charge in [0.05, 0.1) is 12.2 Å². The first-order valence-corrected chi connectivity index (χ1v) is 8.20. The van der Waals surface area contributed by atoms with Crippen molar-refractivity contribution in [2.24, 2.45) is 5.92 Å². The van der Waals surface area contributed by atoms with Crippen LogP contribution in [0.25, 0.3) is 0 Å². The van der Waals surface area contributed by atoms with Gasteiger partial charge in [-0.15, -0.1) is 0 Å². The predicted octanol–water partition coefficient (Wildman–Crippen LogP) is 2.72. The van der Waals surface area contributed by atoms with Crippen molar-refractivity contribution in [3.05, 3.63) is 66.2 Å². The Hall–Kier alpha value is -2.33. The van der Waals surface area contributed by atoms with Gasteiger partial charge in [-0.3, -0.25) is 15.2 Å². The number of piperidine rings is 1. The number of benzene rings is 2. The number of hydrazine groups is 1. The summed E-state index contributed by atoms with van der Waals surface area (Å²) in [7, 11) is 0. The Morgan fingerprint density at radius 3 is 2.26 bits per heavy atom. The average molecular weight is 309 g/mol. The van der Waals surface area contributed by atoms with Crippen molar-refractivity contribution in [3.8, 4) is 0 Å². The Labute approximate surface area is 137 Å². The Morgan fingerprint density at radius 2 is 1.61 bits per heavy atom. The lowest BCUT2D eigenvalue weighted by Crippen LogP contribution is -2.47. The highest BCUT2D eigenvalue weighted by atomic mass is 16.2. The van der Waals surface area contributed by atoms with Crippen LogP contribution in [0, 0.1) is 5.92 Å². The molecule has 1 saturated heterocycles. The van der Waals surface area contributed by atoms with Gasteiger partial charge in [-0.25, -0.2) is 0 Å². The molecule has 0 unspecified atom stereocenters. The monoisotopic (exact) mass is 309 g/mol. The molecule has 0 bridgehead atoms. The number of hydrogen-bond donors (Lipinski definition) is 2. The van der Waals surface area contributed by atoms with E-state index in [1.807, 2.05) is 53.5 Å². The number of para-hydroxylation sites is 1. The van der Waals surface area contributed by atoms with E-state index in [-0.39, 0.29) is 11.8 Å². The number of anilines is 1. The summed E-state index contributed by atoms with van der Waals surface area (Å²) in [6, 6.07) is 20.2. The molecule has 2 aromatic rings. The highest BCUT2D eigenvalue weighted by molar-refractivity contribution is 5.80. The second-order valence-electron chi connectivity index (χ2n) is 5.91. The van der Waals surface area contributed by atoms with E-state index in [1.54, 1.807) is 0 Å². The van der Waals surface area contributed by atoms with Crippen LogP contribution in [-0.4, -0.2) is 19.0 Å². The SMILES string of the molecule is O=C(NN(Cc1ccccc1)c1ccccc1)C1CCNCC1. The zero-order valence-corrected chi connectivity index (χ0v) is 13.2. The smallest absolute Gasteiger partial charge is 0.241 e. The molecule has 0 aliphatic carbocycles. The van der Waals surface area contributed by atoms with Gasteiger partial charge in [0.25, 0.3) is 0 Å². The Kier molecular flexibility index (Phi) is 5.27. The topological polar surface area (TPSA) is 44.4 Å². The number of nitrogens with one attached hydrogen (secondary N) is 2. The van der Waals surface area contributed by atoms with Gasteiger partial charge in [-0.05, 0) is 43.6 Å². The van der Waals surface area contributed by atoms with Crippen LogP contribution in [0.4, 0.5) is 5.69 Å². The maximum atomic E-state index is 12.6. The summed E-state index contributed by atoms with van der Waals surface area (Å²) in [5, 5.41) is 5.24. The summed E-state index contributed by atoms with van der Waals surface area (Å²) in [6.07, 6.45) is 1.81. The van der Waals surface area contributed by atoms with Crippen LogP contribution >= 0.6 is 0 Å². The third kappa shape index (κ3) is 4.33. The summed E-state index contributed by atoms with van der Waals surface area (Å²) in [5.41, 5.74) is 5.29. The molecule has 2 aromatic carbocycles. The molecule has 0 aromatic heterocycles. The van der Waals surface area contributed by atoms with Gasteiger partial charge >= 0.3 is 0 Å². The van der Waals surface area contributed by atoms with Crippen molar-refractivity contribution in [2.75, 3.05) is 18.1 Å². The summed E-state index contributed by atoms with van der Waals surface area (Å²) in [5.74, 6) is 0.213. The Morgan fingerprint density at radius 1 is 1.00 bits per heavy atom. The molecule has 1 aliphatic rings. The highest BCUT2D eigenvalue weighted by Gasteiger charge is 2.22. The van der Waals surface area contributed by atoms with E-state index in [0.717, 1.165) is 31.6 Å². The number of nitrogens with zero attached hydrogens (tertiary/aromatic N) is 1. The van der Waals surface area contributed by atoms with Gasteiger partial charge in [0.15, 0.2) is 0 Å². The molecular formula is C19H23N3O. The zero-order valence-electron chi connectivity index (χ0n) is 13.2. The van der Waals surface area contributed by atoms with Crippen molar-refractivity contribution in [1.29, 1.82) is 0 Å². The summed E-state index contributed by atoms with van der Waals surface area (Å²) in [4.78, 5) is 12.6. The minimum absolute atomic E-state index is 0.0956. The number of rotatable bonds is 5. The van der Waals surface area contributed by atoms with Gasteiger partial charge in [0.2, 0.25) is 5.91 Å². The molecule has 0 saturated carbocycles. The minimum atomic E-state index is 0.0956. The van der Waals surface area contributed by atoms with E-state index in [0.29, 0.717) is 6.54 Å². The lowest BCUT2D eigenvalue weighted by Gasteiger charge is -2.29. The second-order valence-corrected chi connectivity index (χ2v) is 5.91. The standard InChI is InChI=1S/C19H23N3O/c23-19(17-11-13-20-14-12-17)21-22(18-9-5-2-6-10-18)15-16-7-3-1-4-8-16/h1-10,17,20H,11-15H2,(H,21,23). The minimum Gasteiger partial charge on any atom is -0.317 e. The second kappa shape index (κ2) is 7.79. The van der Waals surface area contributed by atoms with Crippen molar-refractivity contribution >= 4 is 11.6 Å². The molecule has 23 heavy (non-hydrogen) atoms.